The lowest BCUT2D eigenvalue weighted by atomic mass is 10.3. The van der Waals surface area contributed by atoms with Gasteiger partial charge < -0.3 is 9.19 Å². The first-order valence-electron chi connectivity index (χ1n) is 5.18. The molecule has 0 radical (unpaired) electrons. The Balaban J connectivity index is 0.00000121. The van der Waals surface area contributed by atoms with Gasteiger partial charge in [-0.3, -0.25) is 0 Å². The molecule has 0 N–H and O–H groups in total. The molecule has 74 valence electrons. The normalized spacial score (nSPS) is 20.5. The molecule has 2 heteroatoms. The lowest BCUT2D eigenvalue weighted by Gasteiger charge is -2.32. The number of halogens is 1. The molecular weight excluding hydrogens is 153 g/mol. The molecule has 1 fully saturated rings. The summed E-state index contributed by atoms with van der Waals surface area (Å²) in [6.07, 6.45) is 5.73. The van der Waals surface area contributed by atoms with Crippen LogP contribution in [-0.2, 0) is 0 Å². The molecular formula is C10H22FN. The molecule has 1 aliphatic rings. The predicted octanol–water partition coefficient (Wildman–Crippen LogP) is -0.579. The van der Waals surface area contributed by atoms with Crippen LogP contribution in [0.3, 0.4) is 0 Å². The lowest BCUT2D eigenvalue weighted by molar-refractivity contribution is -0.915. The van der Waals surface area contributed by atoms with Gasteiger partial charge in [-0.05, 0) is 13.3 Å². The molecule has 1 rings (SSSR count). The van der Waals surface area contributed by atoms with E-state index in [0.717, 1.165) is 0 Å². The van der Waals surface area contributed by atoms with Gasteiger partial charge in [0.25, 0.3) is 0 Å². The van der Waals surface area contributed by atoms with Crippen molar-refractivity contribution in [2.24, 2.45) is 0 Å². The van der Waals surface area contributed by atoms with Crippen LogP contribution < -0.4 is 4.70 Å². The van der Waals surface area contributed by atoms with E-state index in [2.05, 4.69) is 13.8 Å². The first-order chi connectivity index (χ1) is 5.33. The molecule has 12 heavy (non-hydrogen) atoms. The zero-order chi connectivity index (χ0) is 8.16. The van der Waals surface area contributed by atoms with Gasteiger partial charge in [-0.25, -0.2) is 0 Å². The van der Waals surface area contributed by atoms with Gasteiger partial charge in [0.15, 0.2) is 0 Å². The van der Waals surface area contributed by atoms with Gasteiger partial charge in [0.05, 0.1) is 26.2 Å². The fourth-order valence-corrected chi connectivity index (χ4v) is 2.20. The van der Waals surface area contributed by atoms with Crippen LogP contribution in [-0.4, -0.2) is 30.7 Å². The number of rotatable bonds is 4. The smallest absolute Gasteiger partial charge is 0.0788 e. The van der Waals surface area contributed by atoms with Gasteiger partial charge in [0, 0.05) is 12.8 Å². The second-order valence-electron chi connectivity index (χ2n) is 3.89. The monoisotopic (exact) mass is 175 g/mol. The van der Waals surface area contributed by atoms with E-state index in [-0.39, 0.29) is 4.70 Å². The van der Waals surface area contributed by atoms with Crippen LogP contribution in [0.5, 0.6) is 0 Å². The highest BCUT2D eigenvalue weighted by Crippen LogP contribution is 2.19. The van der Waals surface area contributed by atoms with Crippen LogP contribution in [0.4, 0.5) is 0 Å². The number of hydrogen-bond acceptors (Lipinski definition) is 0. The van der Waals surface area contributed by atoms with Gasteiger partial charge >= 0.3 is 0 Å². The van der Waals surface area contributed by atoms with Crippen molar-refractivity contribution < 1.29 is 9.19 Å². The number of nitrogens with zero attached hydrogens (tertiary/aromatic N) is 1. The number of hydrogen-bond donors (Lipinski definition) is 0. The third-order valence-electron chi connectivity index (χ3n) is 3.17. The van der Waals surface area contributed by atoms with Crippen LogP contribution in [0.15, 0.2) is 0 Å². The molecule has 0 aromatic heterocycles. The summed E-state index contributed by atoms with van der Waals surface area (Å²) >= 11 is 0. The van der Waals surface area contributed by atoms with Crippen molar-refractivity contribution in [3.63, 3.8) is 0 Å². The SMILES string of the molecule is CCCC[N+]1(CC)CCCC1.[F-]. The fourth-order valence-electron chi connectivity index (χ4n) is 2.20. The van der Waals surface area contributed by atoms with Gasteiger partial charge in [-0.2, -0.15) is 0 Å². The van der Waals surface area contributed by atoms with E-state index in [1.54, 1.807) is 0 Å². The van der Waals surface area contributed by atoms with E-state index in [1.165, 1.54) is 56.3 Å². The lowest BCUT2D eigenvalue weighted by Crippen LogP contribution is -3.00. The Morgan fingerprint density at radius 2 is 1.67 bits per heavy atom. The molecule has 0 aromatic carbocycles. The zero-order valence-corrected chi connectivity index (χ0v) is 8.48. The van der Waals surface area contributed by atoms with Crippen molar-refractivity contribution in [3.8, 4) is 0 Å². The summed E-state index contributed by atoms with van der Waals surface area (Å²) in [4.78, 5) is 0. The molecule has 0 bridgehead atoms. The summed E-state index contributed by atoms with van der Waals surface area (Å²) in [6.45, 7) is 10.4. The van der Waals surface area contributed by atoms with E-state index in [9.17, 15) is 0 Å². The van der Waals surface area contributed by atoms with Gasteiger partial charge in [0.1, 0.15) is 0 Å². The Kier molecular flexibility index (Phi) is 5.47. The van der Waals surface area contributed by atoms with Crippen LogP contribution in [0.2, 0.25) is 0 Å². The first kappa shape index (κ1) is 11.9. The van der Waals surface area contributed by atoms with Crippen LogP contribution in [0.1, 0.15) is 39.5 Å². The minimum atomic E-state index is 0. The highest BCUT2D eigenvalue weighted by molar-refractivity contribution is 4.53. The molecule has 0 spiro atoms. The van der Waals surface area contributed by atoms with Crippen molar-refractivity contribution in [1.29, 1.82) is 0 Å². The quantitative estimate of drug-likeness (QED) is 0.502. The summed E-state index contributed by atoms with van der Waals surface area (Å²) in [5.74, 6) is 0. The number of unbranched alkanes of at least 4 members (excludes halogenated alkanes) is 1. The van der Waals surface area contributed by atoms with E-state index in [4.69, 9.17) is 0 Å². The van der Waals surface area contributed by atoms with Gasteiger partial charge in [-0.15, -0.1) is 0 Å². The molecule has 0 saturated carbocycles. The summed E-state index contributed by atoms with van der Waals surface area (Å²) in [6, 6.07) is 0. The molecule has 1 nitrogen and oxygen atoms in total. The maximum absolute atomic E-state index is 2.35. The van der Waals surface area contributed by atoms with Crippen LogP contribution in [0.25, 0.3) is 0 Å². The molecule has 0 unspecified atom stereocenters. The summed E-state index contributed by atoms with van der Waals surface area (Å²) < 4.78 is 1.42. The highest BCUT2D eigenvalue weighted by Gasteiger charge is 2.28. The Hall–Kier alpha value is -0.110. The average Bonchev–Trinajstić information content (AvgIpc) is 2.50. The number of quaternary nitrogens is 1. The summed E-state index contributed by atoms with van der Waals surface area (Å²) in [5.41, 5.74) is 0. The Bertz CT molecular complexity index is 108. The Morgan fingerprint density at radius 3 is 2.08 bits per heavy atom. The summed E-state index contributed by atoms with van der Waals surface area (Å²) in [5, 5.41) is 0. The average molecular weight is 175 g/mol. The Labute approximate surface area is 75.7 Å². The first-order valence-corrected chi connectivity index (χ1v) is 5.18. The second-order valence-corrected chi connectivity index (χ2v) is 3.89. The molecule has 0 aliphatic carbocycles. The largest absolute Gasteiger partial charge is 1.00 e. The summed E-state index contributed by atoms with van der Waals surface area (Å²) in [7, 11) is 0. The van der Waals surface area contributed by atoms with Crippen LogP contribution >= 0.6 is 0 Å². The van der Waals surface area contributed by atoms with Crippen molar-refractivity contribution in [2.75, 3.05) is 26.2 Å². The third kappa shape index (κ3) is 2.74. The molecule has 0 aromatic rings. The molecule has 1 heterocycles. The number of likely N-dealkylation sites (tertiary alicyclic amines) is 1. The van der Waals surface area contributed by atoms with Crippen molar-refractivity contribution in [1.82, 2.24) is 0 Å². The molecule has 1 aliphatic heterocycles. The van der Waals surface area contributed by atoms with E-state index in [0.29, 0.717) is 0 Å². The maximum atomic E-state index is 2.35. The fraction of sp³-hybridized carbons (Fsp3) is 1.00. The minimum Gasteiger partial charge on any atom is -1.00 e. The maximum Gasteiger partial charge on any atom is 0.0788 e. The molecule has 1 saturated heterocycles. The van der Waals surface area contributed by atoms with Crippen molar-refractivity contribution in [2.45, 2.75) is 39.5 Å². The Morgan fingerprint density at radius 1 is 1.08 bits per heavy atom. The van der Waals surface area contributed by atoms with E-state index >= 15 is 0 Å². The zero-order valence-electron chi connectivity index (χ0n) is 8.48. The molecule has 0 amide bonds. The topological polar surface area (TPSA) is 0 Å². The van der Waals surface area contributed by atoms with Crippen molar-refractivity contribution in [3.05, 3.63) is 0 Å². The van der Waals surface area contributed by atoms with Gasteiger partial charge in [-0.1, -0.05) is 13.3 Å². The second kappa shape index (κ2) is 5.52. The highest BCUT2D eigenvalue weighted by atomic mass is 19.0. The van der Waals surface area contributed by atoms with Gasteiger partial charge in [0.2, 0.25) is 0 Å². The third-order valence-corrected chi connectivity index (χ3v) is 3.17. The predicted molar refractivity (Wildman–Crippen MR) is 49.5 cm³/mol. The molecule has 0 atom stereocenters. The standard InChI is InChI=1S/C10H22N.FH/c1-3-5-8-11(4-2)9-6-7-10-11;/h3-10H2,1-2H3;1H/q+1;/p-1. The van der Waals surface area contributed by atoms with Crippen LogP contribution in [0, 0.1) is 0 Å². The van der Waals surface area contributed by atoms with E-state index in [1.807, 2.05) is 0 Å². The van der Waals surface area contributed by atoms with E-state index < -0.39 is 0 Å². The minimum absolute atomic E-state index is 0. The van der Waals surface area contributed by atoms with Crippen molar-refractivity contribution >= 4 is 0 Å².